The normalized spacial score (nSPS) is 12.1. The van der Waals surface area contributed by atoms with Gasteiger partial charge in [0, 0.05) is 74.2 Å². The minimum Gasteiger partial charge on any atom is -0.478 e. The molecule has 1 heterocycles. The number of carbonyl (C=O) groups is 6. The number of hydrogen-bond donors (Lipinski definition) is 2. The first-order chi connectivity index (χ1) is 24.7. The van der Waals surface area contributed by atoms with E-state index in [0.717, 1.165) is 4.68 Å². The van der Waals surface area contributed by atoms with E-state index < -0.39 is 18.2 Å². The maximum atomic E-state index is 12.3. The number of nitrogens with zero attached hydrogens (tertiary/aromatic N) is 8. The Hall–Kier alpha value is -4.28. The summed E-state index contributed by atoms with van der Waals surface area (Å²) < 4.78 is 27.9. The Morgan fingerprint density at radius 1 is 0.654 bits per heavy atom. The molecule has 1 aromatic rings. The first-order valence-corrected chi connectivity index (χ1v) is 16.7. The van der Waals surface area contributed by atoms with Crippen molar-refractivity contribution in [2.24, 2.45) is 5.73 Å². The molecule has 3 N–H and O–H groups in total. The molecule has 2 atom stereocenters. The predicted octanol–water partition coefficient (Wildman–Crippen LogP) is -3.03. The van der Waals surface area contributed by atoms with Crippen LogP contribution in [0.5, 0.6) is 0 Å². The zero-order valence-corrected chi connectivity index (χ0v) is 31.0. The molecule has 2 unspecified atom stereocenters. The summed E-state index contributed by atoms with van der Waals surface area (Å²) in [4.78, 5) is 79.5. The van der Waals surface area contributed by atoms with Crippen molar-refractivity contribution in [3.63, 3.8) is 0 Å². The van der Waals surface area contributed by atoms with Gasteiger partial charge in [0.1, 0.15) is 26.4 Å². The minimum atomic E-state index is -1.37. The fourth-order valence-corrected chi connectivity index (χ4v) is 3.86. The lowest BCUT2D eigenvalue weighted by molar-refractivity contribution is -0.159. The summed E-state index contributed by atoms with van der Waals surface area (Å²) in [6, 6.07) is -0.557. The van der Waals surface area contributed by atoms with E-state index in [0.29, 0.717) is 13.0 Å². The molecule has 0 aliphatic heterocycles. The van der Waals surface area contributed by atoms with Crippen molar-refractivity contribution < 1.29 is 57.6 Å². The number of ether oxygens (including phenoxy) is 5. The zero-order chi connectivity index (χ0) is 39.1. The van der Waals surface area contributed by atoms with Gasteiger partial charge in [-0.2, -0.15) is 0 Å². The minimum absolute atomic E-state index is 0.0613. The second-order valence-corrected chi connectivity index (χ2v) is 11.7. The highest BCUT2D eigenvalue weighted by Crippen LogP contribution is 2.06. The highest BCUT2D eigenvalue weighted by molar-refractivity contribution is 5.81. The predicted molar refractivity (Wildman–Crippen MR) is 182 cm³/mol. The van der Waals surface area contributed by atoms with Gasteiger partial charge in [0.25, 0.3) is 0 Å². The van der Waals surface area contributed by atoms with Crippen LogP contribution in [-0.4, -0.2) is 214 Å². The lowest BCUT2D eigenvalue weighted by Crippen LogP contribution is -2.42. The third-order valence-electron chi connectivity index (χ3n) is 7.62. The van der Waals surface area contributed by atoms with Crippen LogP contribution in [0.25, 0.3) is 0 Å². The third-order valence-corrected chi connectivity index (χ3v) is 7.62. The highest BCUT2D eigenvalue weighted by Gasteiger charge is 2.22. The van der Waals surface area contributed by atoms with E-state index in [9.17, 15) is 33.9 Å². The van der Waals surface area contributed by atoms with Crippen molar-refractivity contribution in [3.8, 4) is 0 Å². The van der Waals surface area contributed by atoms with Gasteiger partial charge in [-0.15, -0.1) is 5.10 Å². The highest BCUT2D eigenvalue weighted by atomic mass is 16.5. The summed E-state index contributed by atoms with van der Waals surface area (Å²) in [6.45, 7) is 2.59. The van der Waals surface area contributed by atoms with E-state index in [1.165, 1.54) is 43.9 Å². The SMILES string of the molecule is CCC(N)C(=O)N(C)CCOCC(=O)N(C)CCOCC(=O)N(C)CCOCC(=O)N(C)CCOCC(=O)N(C)CCOC(C(=O)O)n1ccnn1. The van der Waals surface area contributed by atoms with Crippen LogP contribution in [-0.2, 0) is 52.5 Å². The number of carboxylic acids is 1. The molecule has 1 rings (SSSR count). The van der Waals surface area contributed by atoms with E-state index in [-0.39, 0.29) is 115 Å². The number of aliphatic carboxylic acids is 1. The van der Waals surface area contributed by atoms with Crippen molar-refractivity contribution in [1.82, 2.24) is 39.5 Å². The molecule has 0 saturated heterocycles. The van der Waals surface area contributed by atoms with Gasteiger partial charge in [0.05, 0.1) is 45.3 Å². The zero-order valence-electron chi connectivity index (χ0n) is 31.0. The number of carbonyl (C=O) groups excluding carboxylic acids is 5. The van der Waals surface area contributed by atoms with E-state index in [1.54, 1.807) is 28.2 Å². The van der Waals surface area contributed by atoms with Crippen molar-refractivity contribution in [3.05, 3.63) is 12.4 Å². The molecule has 0 saturated carbocycles. The van der Waals surface area contributed by atoms with Gasteiger partial charge in [-0.1, -0.05) is 12.1 Å². The Balaban J connectivity index is 2.12. The van der Waals surface area contributed by atoms with E-state index in [2.05, 4.69) is 10.3 Å². The van der Waals surface area contributed by atoms with Gasteiger partial charge in [-0.3, -0.25) is 24.0 Å². The van der Waals surface area contributed by atoms with Gasteiger partial charge in [-0.25, -0.2) is 9.48 Å². The summed E-state index contributed by atoms with van der Waals surface area (Å²) in [5.74, 6) is -2.68. The van der Waals surface area contributed by atoms with Crippen LogP contribution in [0.1, 0.15) is 19.6 Å². The third kappa shape index (κ3) is 18.3. The van der Waals surface area contributed by atoms with Gasteiger partial charge < -0.3 is 59.0 Å². The molecule has 0 aromatic carbocycles. The van der Waals surface area contributed by atoms with Crippen molar-refractivity contribution in [1.29, 1.82) is 0 Å². The number of likely N-dealkylation sites (N-methyl/N-ethyl adjacent to an activating group) is 5. The Labute approximate surface area is 303 Å². The average Bonchev–Trinajstić information content (AvgIpc) is 3.66. The quantitative estimate of drug-likeness (QED) is 0.0811. The Morgan fingerprint density at radius 3 is 1.35 bits per heavy atom. The van der Waals surface area contributed by atoms with Crippen LogP contribution in [0, 0.1) is 0 Å². The number of hydrogen-bond acceptors (Lipinski definition) is 14. The lowest BCUT2D eigenvalue weighted by atomic mass is 10.2. The van der Waals surface area contributed by atoms with Gasteiger partial charge in [0.2, 0.25) is 35.8 Å². The molecule has 52 heavy (non-hydrogen) atoms. The molecule has 1 aromatic heterocycles. The summed E-state index contributed by atoms with van der Waals surface area (Å²) in [5, 5.41) is 16.4. The van der Waals surface area contributed by atoms with E-state index in [1.807, 2.05) is 6.92 Å². The molecule has 0 aliphatic rings. The average molecular weight is 746 g/mol. The Kier molecular flexibility index (Phi) is 22.6. The van der Waals surface area contributed by atoms with E-state index >= 15 is 0 Å². The van der Waals surface area contributed by atoms with Gasteiger partial charge >= 0.3 is 5.97 Å². The first-order valence-electron chi connectivity index (χ1n) is 16.7. The molecule has 296 valence electrons. The molecule has 0 bridgehead atoms. The largest absolute Gasteiger partial charge is 0.478 e. The Morgan fingerprint density at radius 2 is 1.02 bits per heavy atom. The van der Waals surface area contributed by atoms with Gasteiger partial charge in [0.15, 0.2) is 0 Å². The second-order valence-electron chi connectivity index (χ2n) is 11.7. The van der Waals surface area contributed by atoms with Gasteiger partial charge in [-0.05, 0) is 6.42 Å². The van der Waals surface area contributed by atoms with Crippen LogP contribution < -0.4 is 5.73 Å². The molecule has 0 aliphatic carbocycles. The number of rotatable bonds is 28. The fraction of sp³-hybridized carbons (Fsp3) is 0.742. The molecule has 5 amide bonds. The monoisotopic (exact) mass is 745 g/mol. The van der Waals surface area contributed by atoms with Crippen LogP contribution in [0.4, 0.5) is 0 Å². The van der Waals surface area contributed by atoms with Crippen LogP contribution in [0.2, 0.25) is 0 Å². The molecule has 21 nitrogen and oxygen atoms in total. The Bertz CT molecular complexity index is 1240. The first kappa shape index (κ1) is 45.7. The summed E-state index contributed by atoms with van der Waals surface area (Å²) in [7, 11) is 7.88. The lowest BCUT2D eigenvalue weighted by Gasteiger charge is -2.21. The maximum Gasteiger partial charge on any atom is 0.356 e. The fourth-order valence-electron chi connectivity index (χ4n) is 3.86. The molecule has 0 fully saturated rings. The molecule has 21 heteroatoms. The summed E-state index contributed by atoms with van der Waals surface area (Å²) in [6.07, 6.45) is 1.84. The number of aromatic nitrogens is 3. The van der Waals surface area contributed by atoms with Crippen LogP contribution in [0.15, 0.2) is 12.4 Å². The van der Waals surface area contributed by atoms with E-state index in [4.69, 9.17) is 29.4 Å². The molecular weight excluding hydrogens is 690 g/mol. The number of nitrogens with two attached hydrogens (primary N) is 1. The standard InChI is InChI=1S/C31H55N9O12/c1-7-24(32)29(45)39(6)13-18-51-22-27(43)37(4)11-16-49-20-25(41)35(2)10-15-48-21-26(42)36(3)12-17-50-23-28(44)38(5)14-19-52-30(31(46)47)40-9-8-33-34-40/h8-9,24,30H,7,10-23,32H2,1-6H3,(H,46,47). The summed E-state index contributed by atoms with van der Waals surface area (Å²) >= 11 is 0. The molecule has 0 spiro atoms. The van der Waals surface area contributed by atoms with Crippen molar-refractivity contribution in [2.45, 2.75) is 25.6 Å². The van der Waals surface area contributed by atoms with Crippen molar-refractivity contribution >= 4 is 35.5 Å². The topological polar surface area (TPSA) is 242 Å². The van der Waals surface area contributed by atoms with Crippen molar-refractivity contribution in [2.75, 3.05) is 127 Å². The van der Waals surface area contributed by atoms with Crippen LogP contribution >= 0.6 is 0 Å². The number of amides is 5. The second kappa shape index (κ2) is 25.6. The summed E-state index contributed by atoms with van der Waals surface area (Å²) in [5.41, 5.74) is 5.73. The molecular formula is C31H55N9O12. The van der Waals surface area contributed by atoms with Crippen LogP contribution in [0.3, 0.4) is 0 Å². The maximum absolute atomic E-state index is 12.3. The number of carboxylic acid groups (broad SMARTS) is 1. The smallest absolute Gasteiger partial charge is 0.356 e. The molecule has 0 radical (unpaired) electrons.